The van der Waals surface area contributed by atoms with Crippen molar-refractivity contribution >= 4 is 34.8 Å². The Hall–Kier alpha value is -4.08. The molecule has 0 saturated carbocycles. The van der Waals surface area contributed by atoms with Gasteiger partial charge in [0.15, 0.2) is 5.76 Å². The van der Waals surface area contributed by atoms with E-state index in [2.05, 4.69) is 10.6 Å². The van der Waals surface area contributed by atoms with Crippen molar-refractivity contribution in [2.45, 2.75) is 19.0 Å². The smallest absolute Gasteiger partial charge is 0.418 e. The van der Waals surface area contributed by atoms with Gasteiger partial charge in [-0.2, -0.15) is 13.2 Å². The van der Waals surface area contributed by atoms with Crippen molar-refractivity contribution in [3.8, 4) is 0 Å². The van der Waals surface area contributed by atoms with Crippen molar-refractivity contribution in [1.29, 1.82) is 0 Å². The van der Waals surface area contributed by atoms with Gasteiger partial charge in [0.2, 0.25) is 5.91 Å². The van der Waals surface area contributed by atoms with Crippen LogP contribution in [-0.4, -0.2) is 24.3 Å². The lowest BCUT2D eigenvalue weighted by Gasteiger charge is -2.18. The summed E-state index contributed by atoms with van der Waals surface area (Å²) < 4.78 is 46.0. The van der Waals surface area contributed by atoms with E-state index in [1.54, 1.807) is 12.1 Å². The van der Waals surface area contributed by atoms with E-state index in [1.807, 2.05) is 0 Å². The van der Waals surface area contributed by atoms with Gasteiger partial charge in [-0.1, -0.05) is 6.07 Å². The molecular formula is C23H18F3N3O4. The Morgan fingerprint density at radius 2 is 1.79 bits per heavy atom. The first-order valence-corrected chi connectivity index (χ1v) is 10.0. The summed E-state index contributed by atoms with van der Waals surface area (Å²) in [4.78, 5) is 38.2. The van der Waals surface area contributed by atoms with Gasteiger partial charge >= 0.3 is 6.18 Å². The minimum atomic E-state index is -4.79. The summed E-state index contributed by atoms with van der Waals surface area (Å²) in [5, 5.41) is 4.61. The van der Waals surface area contributed by atoms with E-state index in [9.17, 15) is 27.6 Å². The first kappa shape index (κ1) is 22.1. The Labute approximate surface area is 186 Å². The molecule has 0 unspecified atom stereocenters. The molecule has 3 amide bonds. The average molecular weight is 457 g/mol. The fraction of sp³-hybridized carbons (Fsp3) is 0.174. The number of alkyl halides is 3. The van der Waals surface area contributed by atoms with Crippen molar-refractivity contribution in [3.63, 3.8) is 0 Å². The average Bonchev–Trinajstić information content (AvgIpc) is 3.46. The summed E-state index contributed by atoms with van der Waals surface area (Å²) in [7, 11) is 0. The number of benzene rings is 2. The highest BCUT2D eigenvalue weighted by Crippen LogP contribution is 2.37. The Morgan fingerprint density at radius 1 is 0.970 bits per heavy atom. The summed E-state index contributed by atoms with van der Waals surface area (Å²) in [6.45, 7) is 0.521. The molecule has 0 radical (unpaired) electrons. The molecule has 10 heteroatoms. The van der Waals surface area contributed by atoms with E-state index in [1.165, 1.54) is 41.5 Å². The Bertz CT molecular complexity index is 1210. The van der Waals surface area contributed by atoms with Gasteiger partial charge in [-0.3, -0.25) is 14.4 Å². The van der Waals surface area contributed by atoms with Gasteiger partial charge in [0.1, 0.15) is 0 Å². The summed E-state index contributed by atoms with van der Waals surface area (Å²) in [6, 6.07) is 12.0. The molecule has 1 aliphatic heterocycles. The molecule has 1 saturated heterocycles. The Morgan fingerprint density at radius 3 is 2.45 bits per heavy atom. The quantitative estimate of drug-likeness (QED) is 0.568. The predicted octanol–water partition coefficient (Wildman–Crippen LogP) is 4.93. The molecule has 0 aliphatic carbocycles. The highest BCUT2D eigenvalue weighted by Gasteiger charge is 2.34. The van der Waals surface area contributed by atoms with Gasteiger partial charge in [-0.05, 0) is 55.0 Å². The standard InChI is InChI=1S/C23H18F3N3O4/c24-23(25,26)17-13-15(27-22(32)19-6-3-11-33-19)8-9-18(17)28-21(31)14-4-1-5-16(12-14)29-10-2-7-20(29)30/h1,3-6,8-9,11-13H,2,7,10H2,(H,27,32)(H,28,31). The van der Waals surface area contributed by atoms with E-state index < -0.39 is 29.2 Å². The number of nitrogens with one attached hydrogen (secondary N) is 2. The zero-order chi connectivity index (χ0) is 23.6. The van der Waals surface area contributed by atoms with Crippen molar-refractivity contribution in [1.82, 2.24) is 0 Å². The second-order valence-corrected chi connectivity index (χ2v) is 7.34. The minimum absolute atomic E-state index is 0.0581. The lowest BCUT2D eigenvalue weighted by Crippen LogP contribution is -2.24. The summed E-state index contributed by atoms with van der Waals surface area (Å²) in [5.74, 6) is -1.60. The first-order chi connectivity index (χ1) is 15.7. The predicted molar refractivity (Wildman–Crippen MR) is 114 cm³/mol. The molecule has 1 fully saturated rings. The van der Waals surface area contributed by atoms with Crippen LogP contribution in [0.1, 0.15) is 39.3 Å². The van der Waals surface area contributed by atoms with Crippen molar-refractivity contribution in [2.75, 3.05) is 22.1 Å². The first-order valence-electron chi connectivity index (χ1n) is 10.0. The zero-order valence-electron chi connectivity index (χ0n) is 17.1. The molecular weight excluding hydrogens is 439 g/mol. The third-order valence-electron chi connectivity index (χ3n) is 5.07. The number of hydrogen-bond donors (Lipinski definition) is 2. The van der Waals surface area contributed by atoms with Gasteiger partial charge in [0.25, 0.3) is 11.8 Å². The van der Waals surface area contributed by atoms with Crippen LogP contribution in [0.3, 0.4) is 0 Å². The van der Waals surface area contributed by atoms with Crippen LogP contribution in [0.5, 0.6) is 0 Å². The molecule has 0 atom stereocenters. The van der Waals surface area contributed by atoms with Crippen molar-refractivity contribution < 1.29 is 32.0 Å². The lowest BCUT2D eigenvalue weighted by atomic mass is 10.1. The molecule has 2 N–H and O–H groups in total. The molecule has 1 aliphatic rings. The monoisotopic (exact) mass is 457 g/mol. The van der Waals surface area contributed by atoms with Crippen LogP contribution in [0.25, 0.3) is 0 Å². The third-order valence-corrected chi connectivity index (χ3v) is 5.07. The molecule has 0 bridgehead atoms. The van der Waals surface area contributed by atoms with Crippen LogP contribution in [0, 0.1) is 0 Å². The number of anilines is 3. The lowest BCUT2D eigenvalue weighted by molar-refractivity contribution is -0.136. The fourth-order valence-electron chi connectivity index (χ4n) is 3.50. The maximum absolute atomic E-state index is 13.7. The van der Waals surface area contributed by atoms with Crippen LogP contribution in [-0.2, 0) is 11.0 Å². The number of amides is 3. The Kier molecular flexibility index (Phi) is 5.91. The molecule has 3 aromatic rings. The molecule has 2 heterocycles. The van der Waals surface area contributed by atoms with Gasteiger partial charge in [0.05, 0.1) is 17.5 Å². The van der Waals surface area contributed by atoms with Crippen LogP contribution in [0.15, 0.2) is 65.3 Å². The van der Waals surface area contributed by atoms with E-state index >= 15 is 0 Å². The number of rotatable bonds is 5. The second-order valence-electron chi connectivity index (χ2n) is 7.34. The molecule has 170 valence electrons. The molecule has 1 aromatic heterocycles. The normalized spacial score (nSPS) is 13.8. The van der Waals surface area contributed by atoms with Crippen molar-refractivity contribution in [2.24, 2.45) is 0 Å². The number of hydrogen-bond acceptors (Lipinski definition) is 4. The van der Waals surface area contributed by atoms with E-state index in [4.69, 9.17) is 4.42 Å². The molecule has 0 spiro atoms. The van der Waals surface area contributed by atoms with Gasteiger partial charge in [-0.25, -0.2) is 0 Å². The summed E-state index contributed by atoms with van der Waals surface area (Å²) in [6.07, 6.45) is -2.41. The number of halogens is 3. The highest BCUT2D eigenvalue weighted by molar-refractivity contribution is 6.06. The van der Waals surface area contributed by atoms with Crippen LogP contribution in [0.2, 0.25) is 0 Å². The summed E-state index contributed by atoms with van der Waals surface area (Å²) in [5.41, 5.74) is -1.09. The maximum Gasteiger partial charge on any atom is 0.418 e. The molecule has 4 rings (SSSR count). The topological polar surface area (TPSA) is 91.7 Å². The number of carbonyl (C=O) groups excluding carboxylic acids is 3. The van der Waals surface area contributed by atoms with E-state index in [0.717, 1.165) is 12.1 Å². The highest BCUT2D eigenvalue weighted by atomic mass is 19.4. The summed E-state index contributed by atoms with van der Waals surface area (Å²) >= 11 is 0. The second kappa shape index (κ2) is 8.81. The maximum atomic E-state index is 13.7. The molecule has 2 aromatic carbocycles. The molecule has 7 nitrogen and oxygen atoms in total. The van der Waals surface area contributed by atoms with Crippen LogP contribution >= 0.6 is 0 Å². The molecule has 33 heavy (non-hydrogen) atoms. The number of furan rings is 1. The Balaban J connectivity index is 1.56. The minimum Gasteiger partial charge on any atom is -0.459 e. The zero-order valence-corrected chi connectivity index (χ0v) is 17.1. The van der Waals surface area contributed by atoms with Gasteiger partial charge < -0.3 is 20.0 Å². The van der Waals surface area contributed by atoms with Gasteiger partial charge in [-0.15, -0.1) is 0 Å². The largest absolute Gasteiger partial charge is 0.459 e. The van der Waals surface area contributed by atoms with E-state index in [0.29, 0.717) is 25.1 Å². The van der Waals surface area contributed by atoms with Gasteiger partial charge in [0, 0.05) is 29.9 Å². The van der Waals surface area contributed by atoms with E-state index in [-0.39, 0.29) is 22.9 Å². The number of carbonyl (C=O) groups is 3. The third kappa shape index (κ3) is 4.89. The fourth-order valence-corrected chi connectivity index (χ4v) is 3.50. The van der Waals surface area contributed by atoms with Crippen LogP contribution in [0.4, 0.5) is 30.2 Å². The SMILES string of the molecule is O=C(Nc1ccc(NC(=O)c2ccco2)cc1C(F)(F)F)c1cccc(N2CCCC2=O)c1. The van der Waals surface area contributed by atoms with Crippen molar-refractivity contribution in [3.05, 3.63) is 77.7 Å². The van der Waals surface area contributed by atoms with Crippen LogP contribution < -0.4 is 15.5 Å². The number of nitrogens with zero attached hydrogens (tertiary/aromatic N) is 1.